The van der Waals surface area contributed by atoms with E-state index in [-0.39, 0.29) is 12.8 Å². The Labute approximate surface area is 399 Å². The summed E-state index contributed by atoms with van der Waals surface area (Å²) in [7, 11) is -5.12. The molecule has 14 heteroatoms. The molecule has 0 spiro atoms. The van der Waals surface area contributed by atoms with Crippen molar-refractivity contribution in [2.24, 2.45) is 0 Å². The van der Waals surface area contributed by atoms with Crippen LogP contribution in [0.4, 0.5) is 0 Å². The largest absolute Gasteiger partial charge is 0.472 e. The summed E-state index contributed by atoms with van der Waals surface area (Å²) >= 11 is 0. The molecule has 1 aliphatic carbocycles. The maximum atomic E-state index is 12.9. The maximum absolute atomic E-state index is 12.9. The van der Waals surface area contributed by atoms with Crippen molar-refractivity contribution in [3.63, 3.8) is 0 Å². The van der Waals surface area contributed by atoms with Crippen LogP contribution < -0.4 is 0 Å². The minimum Gasteiger partial charge on any atom is -0.462 e. The number of allylic oxidation sites excluding steroid dienone is 6. The topological polar surface area (TPSA) is 210 Å². The number of ether oxygens (including phenoxy) is 2. The molecule has 1 fully saturated rings. The standard InChI is InChI=1S/C52H95O13P/c1-3-5-7-9-11-13-15-17-19-20-21-22-23-24-25-27-29-31-33-35-37-39-41-46(54)64-44(43-63-66(60,61)65-52-50(58)48(56)47(55)49(57)51(52)59)42-62-45(53)40-38-36-34-32-30-28-26-18-16-14-12-10-8-6-4-2/h6,8,12,14,18,26,44,47-52,55-59H,3-5,7,9-11,13,15-17,19-25,27-43H2,1-2H3,(H,60,61)/b8-6+,14-12+,26-18+/t44-,47?,48-,49?,50?,51?,52?/m1/s1. The molecule has 6 N–H and O–H groups in total. The minimum absolute atomic E-state index is 0.0964. The summed E-state index contributed by atoms with van der Waals surface area (Å²) in [6.45, 7) is 3.21. The van der Waals surface area contributed by atoms with Gasteiger partial charge in [-0.2, -0.15) is 0 Å². The summed E-state index contributed by atoms with van der Waals surface area (Å²) in [5.41, 5.74) is 0. The van der Waals surface area contributed by atoms with Crippen LogP contribution in [-0.2, 0) is 32.7 Å². The molecule has 0 heterocycles. The number of phosphoric ester groups is 1. The average Bonchev–Trinajstić information content (AvgIpc) is 3.30. The molecule has 0 bridgehead atoms. The van der Waals surface area contributed by atoms with Crippen LogP contribution in [0.2, 0.25) is 0 Å². The number of phosphoric acid groups is 1. The Kier molecular flexibility index (Phi) is 39.5. The Morgan fingerprint density at radius 3 is 1.32 bits per heavy atom. The highest BCUT2D eigenvalue weighted by Crippen LogP contribution is 2.47. The molecule has 66 heavy (non-hydrogen) atoms. The fourth-order valence-corrected chi connectivity index (χ4v) is 9.04. The van der Waals surface area contributed by atoms with Gasteiger partial charge in [0.15, 0.2) is 6.10 Å². The number of aliphatic hydroxyl groups is 5. The van der Waals surface area contributed by atoms with Crippen LogP contribution in [0.3, 0.4) is 0 Å². The first-order chi connectivity index (χ1) is 31.9. The molecule has 0 aromatic heterocycles. The van der Waals surface area contributed by atoms with Crippen molar-refractivity contribution in [1.82, 2.24) is 0 Å². The Morgan fingerprint density at radius 1 is 0.485 bits per heavy atom. The second-order valence-electron chi connectivity index (χ2n) is 18.4. The zero-order chi connectivity index (χ0) is 48.5. The lowest BCUT2D eigenvalue weighted by molar-refractivity contribution is -0.220. The van der Waals surface area contributed by atoms with Crippen LogP contribution in [0.5, 0.6) is 0 Å². The van der Waals surface area contributed by atoms with Gasteiger partial charge in [0.2, 0.25) is 0 Å². The van der Waals surface area contributed by atoms with Crippen LogP contribution in [0.1, 0.15) is 226 Å². The normalized spacial score (nSPS) is 21.5. The van der Waals surface area contributed by atoms with Gasteiger partial charge in [-0.25, -0.2) is 4.57 Å². The lowest BCUT2D eigenvalue weighted by Gasteiger charge is -2.41. The quantitative estimate of drug-likeness (QED) is 0.0145. The lowest BCUT2D eigenvalue weighted by atomic mass is 9.85. The lowest BCUT2D eigenvalue weighted by Crippen LogP contribution is -2.64. The summed E-state index contributed by atoms with van der Waals surface area (Å²) in [5.74, 6) is -1.11. The number of rotatable bonds is 44. The van der Waals surface area contributed by atoms with Gasteiger partial charge in [0.05, 0.1) is 6.61 Å². The number of carbonyl (C=O) groups excluding carboxylic acids is 2. The second-order valence-corrected chi connectivity index (χ2v) is 19.8. The van der Waals surface area contributed by atoms with E-state index in [0.717, 1.165) is 77.0 Å². The molecule has 0 aromatic rings. The van der Waals surface area contributed by atoms with Gasteiger partial charge in [-0.15, -0.1) is 0 Å². The molecule has 1 saturated carbocycles. The first-order valence-corrected chi connectivity index (χ1v) is 27.8. The molecule has 0 amide bonds. The van der Waals surface area contributed by atoms with Crippen LogP contribution in [0.15, 0.2) is 36.5 Å². The van der Waals surface area contributed by atoms with E-state index in [0.29, 0.717) is 12.8 Å². The van der Waals surface area contributed by atoms with E-state index in [2.05, 4.69) is 50.3 Å². The first-order valence-electron chi connectivity index (χ1n) is 26.3. The van der Waals surface area contributed by atoms with Crippen LogP contribution >= 0.6 is 7.82 Å². The smallest absolute Gasteiger partial charge is 0.462 e. The molecular formula is C52H95O13P. The third-order valence-electron chi connectivity index (χ3n) is 12.2. The minimum atomic E-state index is -5.12. The van der Waals surface area contributed by atoms with Gasteiger partial charge < -0.3 is 39.9 Å². The van der Waals surface area contributed by atoms with E-state index in [1.807, 2.05) is 0 Å². The number of carbonyl (C=O) groups is 2. The van der Waals surface area contributed by atoms with E-state index >= 15 is 0 Å². The number of aliphatic hydroxyl groups excluding tert-OH is 5. The zero-order valence-corrected chi connectivity index (χ0v) is 42.1. The molecular weight excluding hydrogens is 864 g/mol. The maximum Gasteiger partial charge on any atom is 0.472 e. The van der Waals surface area contributed by atoms with Crippen molar-refractivity contribution in [3.05, 3.63) is 36.5 Å². The van der Waals surface area contributed by atoms with Crippen molar-refractivity contribution in [2.75, 3.05) is 13.2 Å². The van der Waals surface area contributed by atoms with Gasteiger partial charge >= 0.3 is 19.8 Å². The van der Waals surface area contributed by atoms with Gasteiger partial charge in [-0.1, -0.05) is 204 Å². The number of hydrogen-bond acceptors (Lipinski definition) is 12. The monoisotopic (exact) mass is 959 g/mol. The molecule has 13 nitrogen and oxygen atoms in total. The van der Waals surface area contributed by atoms with Crippen LogP contribution in [-0.4, -0.2) is 98.3 Å². The predicted molar refractivity (Wildman–Crippen MR) is 263 cm³/mol. The van der Waals surface area contributed by atoms with Gasteiger partial charge in [-0.05, 0) is 44.9 Å². The van der Waals surface area contributed by atoms with Crippen molar-refractivity contribution >= 4 is 19.8 Å². The third kappa shape index (κ3) is 33.5. The van der Waals surface area contributed by atoms with Crippen LogP contribution in [0, 0.1) is 0 Å². The summed E-state index contributed by atoms with van der Waals surface area (Å²) in [6, 6.07) is 0. The Hall–Kier alpha value is -1.93. The van der Waals surface area contributed by atoms with E-state index in [1.54, 1.807) is 0 Å². The summed E-state index contributed by atoms with van der Waals surface area (Å²) < 4.78 is 33.6. The number of hydrogen-bond donors (Lipinski definition) is 6. The van der Waals surface area contributed by atoms with E-state index in [9.17, 15) is 44.6 Å². The third-order valence-corrected chi connectivity index (χ3v) is 13.2. The Bertz CT molecular complexity index is 1290. The van der Waals surface area contributed by atoms with Crippen molar-refractivity contribution < 1.29 is 63.1 Å². The predicted octanol–water partition coefficient (Wildman–Crippen LogP) is 11.3. The molecule has 0 saturated heterocycles. The first kappa shape index (κ1) is 62.1. The van der Waals surface area contributed by atoms with Crippen molar-refractivity contribution in [3.8, 4) is 0 Å². The van der Waals surface area contributed by atoms with E-state index in [4.69, 9.17) is 18.5 Å². The SMILES string of the molecule is CC/C=C/C/C=C/C/C=C/CCCCCCCC(=O)OC[C@H](COP(=O)(O)OC1C(O)C(O)C(O)[C@@H](O)C1O)OC(=O)CCCCCCCCCCCCCCCCCCCCCCCC. The van der Waals surface area contributed by atoms with E-state index < -0.39 is 75.7 Å². The molecule has 1 rings (SSSR count). The molecule has 0 aliphatic heterocycles. The zero-order valence-electron chi connectivity index (χ0n) is 41.2. The summed E-state index contributed by atoms with van der Waals surface area (Å²) in [5, 5.41) is 50.3. The summed E-state index contributed by atoms with van der Waals surface area (Å²) in [4.78, 5) is 35.8. The number of esters is 2. The fraction of sp³-hybridized carbons (Fsp3) is 0.846. The highest BCUT2D eigenvalue weighted by Gasteiger charge is 2.51. The summed E-state index contributed by atoms with van der Waals surface area (Å²) in [6.07, 6.45) is 36.3. The van der Waals surface area contributed by atoms with Gasteiger partial charge in [0.1, 0.15) is 43.2 Å². The highest BCUT2D eigenvalue weighted by molar-refractivity contribution is 7.47. The molecule has 0 aromatic carbocycles. The average molecular weight is 959 g/mol. The molecule has 6 unspecified atom stereocenters. The Balaban J connectivity index is 2.37. The molecule has 0 radical (unpaired) electrons. The van der Waals surface area contributed by atoms with Crippen molar-refractivity contribution in [2.45, 2.75) is 268 Å². The van der Waals surface area contributed by atoms with Crippen LogP contribution in [0.25, 0.3) is 0 Å². The van der Waals surface area contributed by atoms with Gasteiger partial charge in [0, 0.05) is 12.8 Å². The molecule has 386 valence electrons. The van der Waals surface area contributed by atoms with E-state index in [1.165, 1.54) is 109 Å². The Morgan fingerprint density at radius 2 is 0.864 bits per heavy atom. The molecule has 8 atom stereocenters. The number of unbranched alkanes of at least 4 members (excludes halogenated alkanes) is 26. The van der Waals surface area contributed by atoms with Gasteiger partial charge in [0.25, 0.3) is 0 Å². The fourth-order valence-electron chi connectivity index (χ4n) is 8.07. The molecule has 1 aliphatic rings. The van der Waals surface area contributed by atoms with Gasteiger partial charge in [-0.3, -0.25) is 18.6 Å². The highest BCUT2D eigenvalue weighted by atomic mass is 31.2. The second kappa shape index (κ2) is 42.0. The van der Waals surface area contributed by atoms with Crippen molar-refractivity contribution in [1.29, 1.82) is 0 Å².